The highest BCUT2D eigenvalue weighted by Gasteiger charge is 2.18. The van der Waals surface area contributed by atoms with Crippen LogP contribution in [0.2, 0.25) is 0 Å². The van der Waals surface area contributed by atoms with E-state index in [1.54, 1.807) is 49.4 Å². The number of nitrogens with zero attached hydrogens (tertiary/aromatic N) is 1. The van der Waals surface area contributed by atoms with Crippen molar-refractivity contribution in [3.8, 4) is 17.1 Å². The Bertz CT molecular complexity index is 960. The van der Waals surface area contributed by atoms with Crippen molar-refractivity contribution in [2.75, 3.05) is 12.4 Å². The number of furan rings is 1. The molecule has 0 saturated heterocycles. The van der Waals surface area contributed by atoms with E-state index in [-0.39, 0.29) is 11.4 Å². The third-order valence-electron chi connectivity index (χ3n) is 3.84. The zero-order chi connectivity index (χ0) is 18.7. The zero-order valence-electron chi connectivity index (χ0n) is 14.2. The minimum atomic E-state index is -0.469. The molecule has 26 heavy (non-hydrogen) atoms. The molecule has 0 unspecified atom stereocenters. The Labute approximate surface area is 149 Å². The first-order valence-electron chi connectivity index (χ1n) is 7.79. The van der Waals surface area contributed by atoms with E-state index in [1.165, 1.54) is 19.2 Å². The molecular weight excluding hydrogens is 336 g/mol. The number of hydrogen-bond acceptors (Lipinski definition) is 5. The number of anilines is 1. The number of amides is 1. The number of nitrogens with one attached hydrogen (secondary N) is 1. The number of non-ortho nitro benzene ring substituents is 1. The maximum absolute atomic E-state index is 12.5. The second-order valence-electron chi connectivity index (χ2n) is 5.58. The van der Waals surface area contributed by atoms with Crippen LogP contribution in [0.5, 0.6) is 5.75 Å². The monoisotopic (exact) mass is 352 g/mol. The molecule has 0 spiro atoms. The molecule has 132 valence electrons. The maximum atomic E-state index is 12.5. The van der Waals surface area contributed by atoms with E-state index in [0.29, 0.717) is 28.3 Å². The number of nitro groups is 1. The summed E-state index contributed by atoms with van der Waals surface area (Å²) in [5, 5.41) is 13.5. The maximum Gasteiger partial charge on any atom is 0.291 e. The van der Waals surface area contributed by atoms with Gasteiger partial charge < -0.3 is 14.5 Å². The normalized spacial score (nSPS) is 10.4. The number of para-hydroxylation sites is 2. The van der Waals surface area contributed by atoms with E-state index in [2.05, 4.69) is 5.32 Å². The van der Waals surface area contributed by atoms with Gasteiger partial charge in [0.05, 0.1) is 17.7 Å². The van der Waals surface area contributed by atoms with Gasteiger partial charge in [0.15, 0.2) is 5.76 Å². The molecule has 1 N–H and O–H groups in total. The van der Waals surface area contributed by atoms with Crippen LogP contribution in [0.1, 0.15) is 16.1 Å². The Balaban J connectivity index is 1.85. The average molecular weight is 352 g/mol. The molecule has 7 nitrogen and oxygen atoms in total. The molecule has 0 aliphatic rings. The van der Waals surface area contributed by atoms with Crippen LogP contribution in [0.25, 0.3) is 11.3 Å². The molecule has 3 rings (SSSR count). The minimum absolute atomic E-state index is 0.00818. The summed E-state index contributed by atoms with van der Waals surface area (Å²) in [5.74, 6) is 0.771. The van der Waals surface area contributed by atoms with Crippen molar-refractivity contribution >= 4 is 17.3 Å². The van der Waals surface area contributed by atoms with Crippen molar-refractivity contribution in [2.24, 2.45) is 0 Å². The fourth-order valence-corrected chi connectivity index (χ4v) is 2.52. The summed E-state index contributed by atoms with van der Waals surface area (Å²) in [7, 11) is 1.52. The van der Waals surface area contributed by atoms with Gasteiger partial charge in [-0.1, -0.05) is 12.1 Å². The highest BCUT2D eigenvalue weighted by atomic mass is 16.6. The molecule has 0 aliphatic carbocycles. The average Bonchev–Trinajstić information content (AvgIpc) is 3.04. The third-order valence-corrected chi connectivity index (χ3v) is 3.84. The van der Waals surface area contributed by atoms with Gasteiger partial charge in [0.2, 0.25) is 0 Å². The molecule has 1 heterocycles. The molecule has 0 atom stereocenters. The predicted octanol–water partition coefficient (Wildman–Crippen LogP) is 4.42. The quantitative estimate of drug-likeness (QED) is 0.541. The van der Waals surface area contributed by atoms with Crippen LogP contribution >= 0.6 is 0 Å². The number of ether oxygens (including phenoxy) is 1. The SMILES string of the molecule is COc1ccccc1NC(=O)c1oc(-c2ccc([N+](=O)[O-])cc2)cc1C. The van der Waals surface area contributed by atoms with Crippen LogP contribution in [0.4, 0.5) is 11.4 Å². The van der Waals surface area contributed by atoms with E-state index in [4.69, 9.17) is 9.15 Å². The van der Waals surface area contributed by atoms with Crippen molar-refractivity contribution in [2.45, 2.75) is 6.92 Å². The molecule has 7 heteroatoms. The van der Waals surface area contributed by atoms with Crippen LogP contribution in [-0.4, -0.2) is 17.9 Å². The van der Waals surface area contributed by atoms with Crippen LogP contribution in [0.15, 0.2) is 59.0 Å². The van der Waals surface area contributed by atoms with Crippen LogP contribution in [0.3, 0.4) is 0 Å². The lowest BCUT2D eigenvalue weighted by molar-refractivity contribution is -0.384. The highest BCUT2D eigenvalue weighted by molar-refractivity contribution is 6.04. The molecule has 0 bridgehead atoms. The van der Waals surface area contributed by atoms with E-state index in [0.717, 1.165) is 0 Å². The molecule has 1 aromatic heterocycles. The number of carbonyl (C=O) groups excluding carboxylic acids is 1. The largest absolute Gasteiger partial charge is 0.495 e. The van der Waals surface area contributed by atoms with Crippen LogP contribution < -0.4 is 10.1 Å². The molecule has 1 amide bonds. The summed E-state index contributed by atoms with van der Waals surface area (Å²) in [6.07, 6.45) is 0. The van der Waals surface area contributed by atoms with E-state index >= 15 is 0 Å². The smallest absolute Gasteiger partial charge is 0.291 e. The summed E-state index contributed by atoms with van der Waals surface area (Å²) in [5.41, 5.74) is 1.83. The van der Waals surface area contributed by atoms with Gasteiger partial charge in [-0.25, -0.2) is 0 Å². The van der Waals surface area contributed by atoms with Gasteiger partial charge >= 0.3 is 0 Å². The number of aryl methyl sites for hydroxylation is 1. The molecule has 0 fully saturated rings. The van der Waals surface area contributed by atoms with Crippen molar-refractivity contribution in [3.63, 3.8) is 0 Å². The van der Waals surface area contributed by atoms with Crippen LogP contribution in [-0.2, 0) is 0 Å². The van der Waals surface area contributed by atoms with Gasteiger partial charge in [-0.3, -0.25) is 14.9 Å². The van der Waals surface area contributed by atoms with Crippen molar-refractivity contribution in [3.05, 3.63) is 76.0 Å². The number of hydrogen-bond donors (Lipinski definition) is 1. The Kier molecular flexibility index (Phi) is 4.70. The summed E-state index contributed by atoms with van der Waals surface area (Å²) in [6.45, 7) is 1.76. The van der Waals surface area contributed by atoms with E-state index in [1.807, 2.05) is 0 Å². The van der Waals surface area contributed by atoms with Gasteiger partial charge in [-0.15, -0.1) is 0 Å². The summed E-state index contributed by atoms with van der Waals surface area (Å²) in [4.78, 5) is 22.8. The fraction of sp³-hybridized carbons (Fsp3) is 0.105. The van der Waals surface area contributed by atoms with Gasteiger partial charge in [-0.2, -0.15) is 0 Å². The molecule has 2 aromatic carbocycles. The van der Waals surface area contributed by atoms with Gasteiger partial charge in [0.25, 0.3) is 11.6 Å². The van der Waals surface area contributed by atoms with Crippen molar-refractivity contribution in [1.82, 2.24) is 0 Å². The van der Waals surface area contributed by atoms with Gasteiger partial charge in [0, 0.05) is 23.3 Å². The summed E-state index contributed by atoms with van der Waals surface area (Å²) in [6, 6.07) is 14.7. The number of carbonyl (C=O) groups is 1. The first-order valence-corrected chi connectivity index (χ1v) is 7.79. The highest BCUT2D eigenvalue weighted by Crippen LogP contribution is 2.29. The van der Waals surface area contributed by atoms with E-state index < -0.39 is 10.8 Å². The number of methoxy groups -OCH3 is 1. The number of benzene rings is 2. The van der Waals surface area contributed by atoms with Crippen molar-refractivity contribution in [1.29, 1.82) is 0 Å². The first kappa shape index (κ1) is 17.2. The Morgan fingerprint density at radius 2 is 1.85 bits per heavy atom. The second-order valence-corrected chi connectivity index (χ2v) is 5.58. The van der Waals surface area contributed by atoms with Gasteiger partial charge in [0.1, 0.15) is 11.5 Å². The lowest BCUT2D eigenvalue weighted by Crippen LogP contribution is -2.12. The standard InChI is InChI=1S/C19H16N2O5/c1-12-11-17(13-7-9-14(10-8-13)21(23)24)26-18(12)19(22)20-15-5-3-4-6-16(15)25-2/h3-11H,1-2H3,(H,20,22). The van der Waals surface area contributed by atoms with Crippen LogP contribution in [0, 0.1) is 17.0 Å². The molecular formula is C19H16N2O5. The fourth-order valence-electron chi connectivity index (χ4n) is 2.52. The lowest BCUT2D eigenvalue weighted by atomic mass is 10.1. The third kappa shape index (κ3) is 3.41. The van der Waals surface area contributed by atoms with Gasteiger partial charge in [-0.05, 0) is 37.3 Å². The molecule has 0 aliphatic heterocycles. The summed E-state index contributed by atoms with van der Waals surface area (Å²) >= 11 is 0. The molecule has 0 radical (unpaired) electrons. The summed E-state index contributed by atoms with van der Waals surface area (Å²) < 4.78 is 10.9. The van der Waals surface area contributed by atoms with Crippen molar-refractivity contribution < 1.29 is 18.9 Å². The predicted molar refractivity (Wildman–Crippen MR) is 96.5 cm³/mol. The number of rotatable bonds is 5. The lowest BCUT2D eigenvalue weighted by Gasteiger charge is -2.08. The first-order chi connectivity index (χ1) is 12.5. The molecule has 3 aromatic rings. The Morgan fingerprint density at radius 1 is 1.15 bits per heavy atom. The topological polar surface area (TPSA) is 94.6 Å². The number of nitro benzene ring substituents is 1. The minimum Gasteiger partial charge on any atom is -0.495 e. The zero-order valence-corrected chi connectivity index (χ0v) is 14.2. The Morgan fingerprint density at radius 3 is 2.50 bits per heavy atom. The Hall–Kier alpha value is -3.61. The van der Waals surface area contributed by atoms with E-state index in [9.17, 15) is 14.9 Å². The molecule has 0 saturated carbocycles. The second kappa shape index (κ2) is 7.10.